The molecule has 6 heteroatoms. The van der Waals surface area contributed by atoms with Crippen LogP contribution in [0.1, 0.15) is 19.8 Å². The number of hydrogen-bond acceptors (Lipinski definition) is 4. The van der Waals surface area contributed by atoms with Crippen LogP contribution in [0, 0.1) is 0 Å². The number of ether oxygens (including phenoxy) is 1. The van der Waals surface area contributed by atoms with Crippen LogP contribution in [-0.2, 0) is 14.8 Å². The van der Waals surface area contributed by atoms with Crippen molar-refractivity contribution in [2.45, 2.75) is 25.0 Å². The molecule has 0 radical (unpaired) electrons. The predicted molar refractivity (Wildman–Crippen MR) is 59.3 cm³/mol. The Balaban J connectivity index is 2.18. The molecule has 0 saturated carbocycles. The first-order valence-corrected chi connectivity index (χ1v) is 6.98. The van der Waals surface area contributed by atoms with Crippen molar-refractivity contribution in [1.29, 1.82) is 0 Å². The van der Waals surface area contributed by atoms with E-state index in [1.54, 1.807) is 0 Å². The quantitative estimate of drug-likeness (QED) is 0.595. The molecule has 1 heterocycles. The molecule has 1 atom stereocenters. The molecule has 2 N–H and O–H groups in total. The van der Waals surface area contributed by atoms with Gasteiger partial charge in [-0.05, 0) is 26.3 Å². The van der Waals surface area contributed by atoms with Crippen molar-refractivity contribution in [3.8, 4) is 0 Å². The van der Waals surface area contributed by atoms with Gasteiger partial charge in [-0.3, -0.25) is 0 Å². The molecular formula is C9H20N2O3S. The molecule has 1 saturated heterocycles. The molecule has 0 aliphatic carbocycles. The molecule has 1 rings (SSSR count). The van der Waals surface area contributed by atoms with Crippen molar-refractivity contribution in [3.63, 3.8) is 0 Å². The third kappa shape index (κ3) is 4.46. The summed E-state index contributed by atoms with van der Waals surface area (Å²) in [4.78, 5) is 0. The molecule has 0 amide bonds. The Hall–Kier alpha value is -0.170. The summed E-state index contributed by atoms with van der Waals surface area (Å²) in [7, 11) is -3.12. The highest BCUT2D eigenvalue weighted by molar-refractivity contribution is 7.90. The summed E-state index contributed by atoms with van der Waals surface area (Å²) in [5, 5.41) is 2.79. The van der Waals surface area contributed by atoms with Crippen LogP contribution >= 0.6 is 0 Å². The topological polar surface area (TPSA) is 67.4 Å². The smallest absolute Gasteiger partial charge is 0.215 e. The molecule has 0 aromatic rings. The molecule has 90 valence electrons. The number of hydrogen-bond donors (Lipinski definition) is 2. The zero-order valence-corrected chi connectivity index (χ0v) is 9.98. The van der Waals surface area contributed by atoms with Crippen LogP contribution in [0.15, 0.2) is 0 Å². The van der Waals surface area contributed by atoms with Gasteiger partial charge in [0.1, 0.15) is 0 Å². The number of nitrogens with one attached hydrogen (secondary N) is 2. The summed E-state index contributed by atoms with van der Waals surface area (Å²) in [5.74, 6) is 0. The average molecular weight is 236 g/mol. The molecule has 0 aromatic carbocycles. The Kier molecular flexibility index (Phi) is 5.52. The van der Waals surface area contributed by atoms with Gasteiger partial charge in [0.05, 0.1) is 5.25 Å². The van der Waals surface area contributed by atoms with Gasteiger partial charge in [-0.2, -0.15) is 0 Å². The van der Waals surface area contributed by atoms with E-state index in [9.17, 15) is 8.42 Å². The molecule has 0 aromatic heterocycles. The molecular weight excluding hydrogens is 216 g/mol. The van der Waals surface area contributed by atoms with Crippen LogP contribution in [0.2, 0.25) is 0 Å². The van der Waals surface area contributed by atoms with Crippen molar-refractivity contribution in [3.05, 3.63) is 0 Å². The van der Waals surface area contributed by atoms with Gasteiger partial charge in [-0.1, -0.05) is 0 Å². The number of rotatable bonds is 7. The molecule has 1 unspecified atom stereocenters. The monoisotopic (exact) mass is 236 g/mol. The van der Waals surface area contributed by atoms with Gasteiger partial charge in [0.2, 0.25) is 10.0 Å². The van der Waals surface area contributed by atoms with Crippen molar-refractivity contribution < 1.29 is 13.2 Å². The maximum Gasteiger partial charge on any atom is 0.215 e. The Morgan fingerprint density at radius 1 is 1.53 bits per heavy atom. The maximum atomic E-state index is 11.7. The van der Waals surface area contributed by atoms with Gasteiger partial charge in [-0.25, -0.2) is 13.1 Å². The van der Waals surface area contributed by atoms with E-state index in [1.165, 1.54) is 0 Å². The second-order valence-electron chi connectivity index (χ2n) is 3.60. The van der Waals surface area contributed by atoms with E-state index < -0.39 is 10.0 Å². The van der Waals surface area contributed by atoms with Crippen LogP contribution in [0.5, 0.6) is 0 Å². The van der Waals surface area contributed by atoms with Crippen LogP contribution in [-0.4, -0.2) is 46.5 Å². The van der Waals surface area contributed by atoms with Gasteiger partial charge in [0.15, 0.2) is 0 Å². The second-order valence-corrected chi connectivity index (χ2v) is 5.65. The first kappa shape index (κ1) is 12.9. The fourth-order valence-corrected chi connectivity index (χ4v) is 2.97. The van der Waals surface area contributed by atoms with Crippen LogP contribution in [0.25, 0.3) is 0 Å². The molecule has 0 bridgehead atoms. The van der Waals surface area contributed by atoms with Crippen molar-refractivity contribution in [2.75, 3.05) is 32.8 Å². The lowest BCUT2D eigenvalue weighted by molar-refractivity contribution is 0.146. The van der Waals surface area contributed by atoms with Gasteiger partial charge in [0.25, 0.3) is 0 Å². The Bertz CT molecular complexity index is 261. The summed E-state index contributed by atoms with van der Waals surface area (Å²) in [5.41, 5.74) is 0. The largest absolute Gasteiger partial charge is 0.382 e. The highest BCUT2D eigenvalue weighted by atomic mass is 32.2. The van der Waals surface area contributed by atoms with Crippen molar-refractivity contribution in [2.24, 2.45) is 0 Å². The van der Waals surface area contributed by atoms with E-state index in [0.29, 0.717) is 32.7 Å². The normalized spacial score (nSPS) is 22.1. The molecule has 1 aliphatic rings. The minimum Gasteiger partial charge on any atom is -0.382 e. The average Bonchev–Trinajstić information content (AvgIpc) is 2.70. The lowest BCUT2D eigenvalue weighted by Gasteiger charge is -2.11. The summed E-state index contributed by atoms with van der Waals surface area (Å²) >= 11 is 0. The van der Waals surface area contributed by atoms with Crippen LogP contribution < -0.4 is 10.0 Å². The highest BCUT2D eigenvalue weighted by Gasteiger charge is 2.27. The second kappa shape index (κ2) is 6.42. The van der Waals surface area contributed by atoms with E-state index in [0.717, 1.165) is 13.0 Å². The molecule has 1 aliphatic heterocycles. The third-order valence-electron chi connectivity index (χ3n) is 2.43. The Morgan fingerprint density at radius 2 is 2.33 bits per heavy atom. The summed E-state index contributed by atoms with van der Waals surface area (Å²) < 4.78 is 31.1. The van der Waals surface area contributed by atoms with Gasteiger partial charge < -0.3 is 10.1 Å². The van der Waals surface area contributed by atoms with Crippen LogP contribution in [0.3, 0.4) is 0 Å². The Labute approximate surface area is 91.6 Å². The lowest BCUT2D eigenvalue weighted by atomic mass is 10.4. The fourth-order valence-electron chi connectivity index (χ4n) is 1.54. The van der Waals surface area contributed by atoms with Gasteiger partial charge in [-0.15, -0.1) is 0 Å². The van der Waals surface area contributed by atoms with E-state index >= 15 is 0 Å². The molecule has 15 heavy (non-hydrogen) atoms. The zero-order chi connectivity index (χ0) is 11.1. The van der Waals surface area contributed by atoms with E-state index in [-0.39, 0.29) is 5.25 Å². The van der Waals surface area contributed by atoms with Crippen molar-refractivity contribution >= 4 is 10.0 Å². The highest BCUT2D eigenvalue weighted by Crippen LogP contribution is 2.07. The minimum absolute atomic E-state index is 0.260. The summed E-state index contributed by atoms with van der Waals surface area (Å²) in [6.45, 7) is 5.06. The molecule has 1 fully saturated rings. The SMILES string of the molecule is CCOCCCNS(=O)(=O)C1CCNC1. The van der Waals surface area contributed by atoms with E-state index in [1.807, 2.05) is 6.92 Å². The van der Waals surface area contributed by atoms with Crippen molar-refractivity contribution in [1.82, 2.24) is 10.0 Å². The first-order valence-electron chi connectivity index (χ1n) is 5.43. The fraction of sp³-hybridized carbons (Fsp3) is 1.00. The van der Waals surface area contributed by atoms with Gasteiger partial charge >= 0.3 is 0 Å². The minimum atomic E-state index is -3.12. The lowest BCUT2D eigenvalue weighted by Crippen LogP contribution is -2.36. The summed E-state index contributed by atoms with van der Waals surface area (Å²) in [6, 6.07) is 0. The third-order valence-corrected chi connectivity index (χ3v) is 4.31. The van der Waals surface area contributed by atoms with Crippen LogP contribution in [0.4, 0.5) is 0 Å². The van der Waals surface area contributed by atoms with Gasteiger partial charge in [0, 0.05) is 26.3 Å². The van der Waals surface area contributed by atoms with E-state index in [2.05, 4.69) is 10.0 Å². The predicted octanol–water partition coefficient (Wildman–Crippen LogP) is -0.306. The first-order chi connectivity index (χ1) is 7.17. The zero-order valence-electron chi connectivity index (χ0n) is 9.16. The molecule has 5 nitrogen and oxygen atoms in total. The Morgan fingerprint density at radius 3 is 2.93 bits per heavy atom. The maximum absolute atomic E-state index is 11.7. The summed E-state index contributed by atoms with van der Waals surface area (Å²) in [6.07, 6.45) is 1.44. The molecule has 0 spiro atoms. The van der Waals surface area contributed by atoms with E-state index in [4.69, 9.17) is 4.74 Å². The standard InChI is InChI=1S/C9H20N2O3S/c1-2-14-7-3-5-11-15(12,13)9-4-6-10-8-9/h9-11H,2-8H2,1H3. The number of sulfonamides is 1.